The van der Waals surface area contributed by atoms with Crippen molar-refractivity contribution >= 4 is 29.0 Å². The number of allylic oxidation sites excluding steroid dienone is 1. The molecule has 7 atom stereocenters. The first kappa shape index (κ1) is 28.3. The summed E-state index contributed by atoms with van der Waals surface area (Å²) in [4.78, 5) is 28.6. The van der Waals surface area contributed by atoms with Gasteiger partial charge in [-0.05, 0) is 67.7 Å². The molecule has 1 aromatic carbocycles. The van der Waals surface area contributed by atoms with Crippen molar-refractivity contribution in [3.63, 3.8) is 0 Å². The summed E-state index contributed by atoms with van der Waals surface area (Å²) >= 11 is 6.45. The average Bonchev–Trinajstić information content (AvgIpc) is 3.02. The fourth-order valence-corrected chi connectivity index (χ4v) is 7.72. The zero-order chi connectivity index (χ0) is 28.7. The van der Waals surface area contributed by atoms with Gasteiger partial charge in [0.15, 0.2) is 23.3 Å². The van der Waals surface area contributed by atoms with E-state index in [0.717, 1.165) is 0 Å². The molecule has 1 heterocycles. The van der Waals surface area contributed by atoms with Crippen LogP contribution in [-0.4, -0.2) is 54.1 Å². The van der Waals surface area contributed by atoms with Gasteiger partial charge in [0.1, 0.15) is 11.7 Å². The van der Waals surface area contributed by atoms with Crippen LogP contribution >= 0.6 is 11.6 Å². The number of hydrogen-bond acceptors (Lipinski definition) is 7. The number of carbonyl (C=O) groups excluding carboxylic acids is 2. The van der Waals surface area contributed by atoms with Gasteiger partial charge in [0.2, 0.25) is 0 Å². The highest BCUT2D eigenvalue weighted by Gasteiger charge is 2.74. The van der Waals surface area contributed by atoms with Crippen LogP contribution in [0.3, 0.4) is 0 Å². The fourth-order valence-electron chi connectivity index (χ4n) is 7.47. The topological polar surface area (TPSA) is 94.1 Å². The number of fused-ring (bicyclic) bond motifs is 3. The summed E-state index contributed by atoms with van der Waals surface area (Å²) in [5.74, 6) is -2.30. The van der Waals surface area contributed by atoms with Crippen molar-refractivity contribution < 1.29 is 28.9 Å². The standard InChI is InChI=1S/C31H40ClNO6/c1-16-14-30-18(3)12-17(2)28(4,5)20(24(30)34)13-19-15-37-29(6,7)39-26(19)31(30,36)25(16)38-27(35)23-21(32)10-9-11-22(23)33-8/h9-11,13-14,17-18,20,25-26,33,36H,12,15H2,1-8H3/t17-,18+,20?,25?,26?,30?,31?/m0/s1. The predicted molar refractivity (Wildman–Crippen MR) is 150 cm³/mol. The van der Waals surface area contributed by atoms with Gasteiger partial charge in [0.05, 0.1) is 17.0 Å². The molecule has 2 bridgehead atoms. The first-order chi connectivity index (χ1) is 18.1. The molecule has 2 N–H and O–H groups in total. The second-order valence-corrected chi connectivity index (χ2v) is 13.3. The number of nitrogens with one attached hydrogen (secondary N) is 1. The third-order valence-electron chi connectivity index (χ3n) is 9.99. The molecular weight excluding hydrogens is 518 g/mol. The van der Waals surface area contributed by atoms with Gasteiger partial charge in [-0.1, -0.05) is 57.5 Å². The molecule has 1 spiro atoms. The van der Waals surface area contributed by atoms with Gasteiger partial charge in [-0.2, -0.15) is 0 Å². The number of ketones is 1. The van der Waals surface area contributed by atoms with E-state index in [1.807, 2.05) is 26.0 Å². The van der Waals surface area contributed by atoms with Crippen LogP contribution in [0.15, 0.2) is 41.5 Å². The molecule has 1 saturated carbocycles. The zero-order valence-electron chi connectivity index (χ0n) is 24.1. The summed E-state index contributed by atoms with van der Waals surface area (Å²) in [5.41, 5.74) is -1.62. The number of Topliss-reactive ketones (excluding diaryl/α,β-unsaturated/α-hetero) is 1. The molecule has 1 aliphatic heterocycles. The Morgan fingerprint density at radius 2 is 1.87 bits per heavy atom. The van der Waals surface area contributed by atoms with E-state index < -0.39 is 40.9 Å². The Morgan fingerprint density at radius 3 is 2.54 bits per heavy atom. The molecule has 4 aliphatic rings. The fraction of sp³-hybridized carbons (Fsp3) is 0.613. The van der Waals surface area contributed by atoms with Crippen molar-refractivity contribution in [2.75, 3.05) is 19.0 Å². The summed E-state index contributed by atoms with van der Waals surface area (Å²) in [7, 11) is 1.70. The van der Waals surface area contributed by atoms with Crippen LogP contribution in [0.1, 0.15) is 65.2 Å². The van der Waals surface area contributed by atoms with Gasteiger partial charge in [0.25, 0.3) is 0 Å². The lowest BCUT2D eigenvalue weighted by atomic mass is 9.59. The highest BCUT2D eigenvalue weighted by Crippen LogP contribution is 2.64. The van der Waals surface area contributed by atoms with Gasteiger partial charge in [-0.15, -0.1) is 0 Å². The maximum atomic E-state index is 14.8. The average molecular weight is 558 g/mol. The predicted octanol–water partition coefficient (Wildman–Crippen LogP) is 5.56. The van der Waals surface area contributed by atoms with Crippen LogP contribution in [0.4, 0.5) is 5.69 Å². The summed E-state index contributed by atoms with van der Waals surface area (Å²) < 4.78 is 18.7. The smallest absolute Gasteiger partial charge is 0.342 e. The van der Waals surface area contributed by atoms with Crippen LogP contribution in [0.2, 0.25) is 5.02 Å². The van der Waals surface area contributed by atoms with Gasteiger partial charge in [-0.3, -0.25) is 4.79 Å². The number of carbonyl (C=O) groups is 2. The number of halogens is 1. The van der Waals surface area contributed by atoms with Crippen LogP contribution < -0.4 is 5.32 Å². The number of aliphatic hydroxyl groups is 1. The van der Waals surface area contributed by atoms with Gasteiger partial charge in [0, 0.05) is 18.7 Å². The molecular formula is C31H40ClNO6. The number of esters is 1. The first-order valence-corrected chi connectivity index (χ1v) is 14.1. The van der Waals surface area contributed by atoms with Crippen LogP contribution in [0, 0.1) is 28.6 Å². The van der Waals surface area contributed by atoms with Crippen molar-refractivity contribution in [2.24, 2.45) is 28.6 Å². The Kier molecular flexibility index (Phi) is 6.66. The summed E-state index contributed by atoms with van der Waals surface area (Å²) in [5, 5.41) is 16.4. The van der Waals surface area contributed by atoms with Gasteiger partial charge < -0.3 is 24.6 Å². The molecule has 0 radical (unpaired) electrons. The molecule has 1 saturated heterocycles. The highest BCUT2D eigenvalue weighted by molar-refractivity contribution is 6.34. The summed E-state index contributed by atoms with van der Waals surface area (Å²) in [6, 6.07) is 5.09. The molecule has 5 unspecified atom stereocenters. The molecule has 39 heavy (non-hydrogen) atoms. The molecule has 0 amide bonds. The lowest BCUT2D eigenvalue weighted by Gasteiger charge is -2.52. The van der Waals surface area contributed by atoms with E-state index in [2.05, 4.69) is 26.1 Å². The molecule has 2 fully saturated rings. The monoisotopic (exact) mass is 557 g/mol. The van der Waals surface area contributed by atoms with Crippen molar-refractivity contribution in [1.82, 2.24) is 0 Å². The Hall–Kier alpha value is -2.19. The van der Waals surface area contributed by atoms with Crippen LogP contribution in [-0.2, 0) is 19.0 Å². The molecule has 3 aliphatic carbocycles. The Morgan fingerprint density at radius 1 is 1.18 bits per heavy atom. The SMILES string of the molecule is CNc1cccc(Cl)c1C(=O)OC1C(C)=CC23C(=O)C(C=C4COC(C)(C)OC4C12O)C(C)(C)[C@@H](C)C[C@H]3C. The number of benzene rings is 1. The minimum atomic E-state index is -1.90. The third kappa shape index (κ3) is 3.87. The summed E-state index contributed by atoms with van der Waals surface area (Å²) in [6.45, 7) is 14.0. The Bertz CT molecular complexity index is 1280. The normalized spacial score (nSPS) is 38.4. The Labute approximate surface area is 235 Å². The quantitative estimate of drug-likeness (QED) is 0.371. The van der Waals surface area contributed by atoms with E-state index in [0.29, 0.717) is 23.3 Å². The van der Waals surface area contributed by atoms with E-state index in [-0.39, 0.29) is 40.2 Å². The highest BCUT2D eigenvalue weighted by atomic mass is 35.5. The molecule has 8 heteroatoms. The molecule has 5 rings (SSSR count). The molecule has 1 aromatic rings. The third-order valence-corrected chi connectivity index (χ3v) is 10.3. The molecule has 212 valence electrons. The van der Waals surface area contributed by atoms with E-state index >= 15 is 0 Å². The van der Waals surface area contributed by atoms with Crippen molar-refractivity contribution in [2.45, 2.75) is 78.5 Å². The molecule has 7 nitrogen and oxygen atoms in total. The van der Waals surface area contributed by atoms with Crippen LogP contribution in [0.25, 0.3) is 0 Å². The first-order valence-electron chi connectivity index (χ1n) is 13.8. The second kappa shape index (κ2) is 9.16. The van der Waals surface area contributed by atoms with E-state index in [4.69, 9.17) is 25.8 Å². The largest absolute Gasteiger partial charge is 0.451 e. The number of ether oxygens (including phenoxy) is 3. The van der Waals surface area contributed by atoms with E-state index in [9.17, 15) is 14.7 Å². The minimum Gasteiger partial charge on any atom is -0.451 e. The lowest BCUT2D eigenvalue weighted by Crippen LogP contribution is -2.68. The molecule has 0 aromatic heterocycles. The lowest BCUT2D eigenvalue weighted by molar-refractivity contribution is -0.302. The maximum Gasteiger partial charge on any atom is 0.342 e. The van der Waals surface area contributed by atoms with Gasteiger partial charge in [-0.25, -0.2) is 4.79 Å². The van der Waals surface area contributed by atoms with Crippen molar-refractivity contribution in [3.8, 4) is 0 Å². The second-order valence-electron chi connectivity index (χ2n) is 12.9. The minimum absolute atomic E-state index is 0.0679. The maximum absolute atomic E-state index is 14.8. The van der Waals surface area contributed by atoms with E-state index in [1.165, 1.54) is 0 Å². The van der Waals surface area contributed by atoms with E-state index in [1.54, 1.807) is 39.1 Å². The number of rotatable bonds is 3. The number of anilines is 1. The van der Waals surface area contributed by atoms with Crippen molar-refractivity contribution in [3.05, 3.63) is 52.1 Å². The van der Waals surface area contributed by atoms with Crippen molar-refractivity contribution in [1.29, 1.82) is 0 Å². The zero-order valence-corrected chi connectivity index (χ0v) is 24.8. The van der Waals surface area contributed by atoms with Crippen LogP contribution in [0.5, 0.6) is 0 Å². The number of hydrogen-bond donors (Lipinski definition) is 2. The summed E-state index contributed by atoms with van der Waals surface area (Å²) in [6.07, 6.45) is 2.47. The van der Waals surface area contributed by atoms with Gasteiger partial charge >= 0.3 is 5.97 Å². The Balaban J connectivity index is 1.72.